The summed E-state index contributed by atoms with van der Waals surface area (Å²) in [5.74, 6) is -0.651. The van der Waals surface area contributed by atoms with Gasteiger partial charge in [0.05, 0.1) is 6.33 Å². The number of carbonyl (C=O) groups is 1. The highest BCUT2D eigenvalue weighted by molar-refractivity contribution is 5.75. The number of aromatic nitrogens is 4. The lowest BCUT2D eigenvalue weighted by molar-refractivity contribution is -0.117. The van der Waals surface area contributed by atoms with Crippen molar-refractivity contribution < 1.29 is 11.6 Å². The summed E-state index contributed by atoms with van der Waals surface area (Å²) in [5, 5.41) is 0. The largest absolute Gasteiger partial charge is 0.332 e. The van der Waals surface area contributed by atoms with Crippen LogP contribution in [0.2, 0.25) is 0 Å². The Bertz CT molecular complexity index is 938. The highest BCUT2D eigenvalue weighted by Crippen LogP contribution is 2.04. The minimum Gasteiger partial charge on any atom is -0.328 e. The van der Waals surface area contributed by atoms with Crippen LogP contribution in [0.5, 0.6) is 0 Å². The molecule has 0 aromatic carbocycles. The Kier molecular flexibility index (Phi) is 2.42. The van der Waals surface area contributed by atoms with Gasteiger partial charge in [0.2, 0.25) is 0 Å². The van der Waals surface area contributed by atoms with Crippen molar-refractivity contribution in [2.24, 2.45) is 14.0 Å². The van der Waals surface area contributed by atoms with E-state index < -0.39 is 30.4 Å². The van der Waals surface area contributed by atoms with Gasteiger partial charge in [0.15, 0.2) is 11.2 Å². The Morgan fingerprint density at radius 3 is 2.85 bits per heavy atom. The number of rotatable bonds is 5. The summed E-state index contributed by atoms with van der Waals surface area (Å²) in [5.41, 5.74) is -2.01. The third-order valence-corrected chi connectivity index (χ3v) is 2.93. The predicted molar refractivity (Wildman–Crippen MR) is 74.7 cm³/mol. The Morgan fingerprint density at radius 2 is 2.20 bits per heavy atom. The molecule has 0 aliphatic rings. The second kappa shape index (κ2) is 5.44. The molecule has 0 N–H and O–H groups in total. The number of aryl methyl sites for hydroxylation is 2. The van der Waals surface area contributed by atoms with Crippen LogP contribution in [0.4, 0.5) is 0 Å². The molecule has 20 heavy (non-hydrogen) atoms. The molecule has 0 radical (unpaired) electrons. The minimum absolute atomic E-state index is 0.0199. The van der Waals surface area contributed by atoms with E-state index in [1.807, 2.05) is 0 Å². The first kappa shape index (κ1) is 8.89. The van der Waals surface area contributed by atoms with Crippen LogP contribution in [0.1, 0.15) is 33.0 Å². The van der Waals surface area contributed by atoms with Crippen LogP contribution >= 0.6 is 0 Å². The fourth-order valence-electron chi connectivity index (χ4n) is 1.95. The van der Waals surface area contributed by atoms with Crippen molar-refractivity contribution in [1.29, 1.82) is 0 Å². The van der Waals surface area contributed by atoms with Crippen LogP contribution < -0.4 is 11.2 Å². The molecule has 0 unspecified atom stereocenters. The first-order valence-corrected chi connectivity index (χ1v) is 6.06. The molecule has 0 saturated carbocycles. The lowest BCUT2D eigenvalue weighted by Crippen LogP contribution is -2.39. The molecule has 2 rings (SSSR count). The number of imidazole rings is 1. The zero-order valence-corrected chi connectivity index (χ0v) is 11.2. The van der Waals surface area contributed by atoms with Crippen LogP contribution in [0.25, 0.3) is 11.2 Å². The Morgan fingerprint density at radius 1 is 1.45 bits per heavy atom. The molecule has 2 heterocycles. The first-order chi connectivity index (χ1) is 11.4. The molecule has 0 fully saturated rings. The van der Waals surface area contributed by atoms with Crippen molar-refractivity contribution in [2.45, 2.75) is 32.7 Å². The number of ketones is 1. The van der Waals surface area contributed by atoms with Gasteiger partial charge in [0.1, 0.15) is 5.78 Å². The molecule has 0 spiro atoms. The van der Waals surface area contributed by atoms with E-state index in [0.29, 0.717) is 4.57 Å². The Balaban J connectivity index is 2.54. The van der Waals surface area contributed by atoms with E-state index in [9.17, 15) is 14.4 Å². The minimum atomic E-state index is -2.83. The normalized spacial score (nSPS) is 16.2. The van der Waals surface area contributed by atoms with E-state index in [1.54, 1.807) is 0 Å². The number of carbonyl (C=O) groups excluding carboxylic acids is 1. The SMILES string of the molecule is [2H]C([2H])(CCCn1c(=O)c2c(ncn2C)n(C([2H])([2H])[2H])c1=O)C(C)=O. The van der Waals surface area contributed by atoms with Gasteiger partial charge in [-0.15, -0.1) is 0 Å². The summed E-state index contributed by atoms with van der Waals surface area (Å²) < 4.78 is 40.3. The smallest absolute Gasteiger partial charge is 0.328 e. The number of hydrogen-bond donors (Lipinski definition) is 0. The fraction of sp³-hybridized carbons (Fsp3) is 0.538. The topological polar surface area (TPSA) is 78.9 Å². The van der Waals surface area contributed by atoms with Gasteiger partial charge in [0, 0.05) is 33.8 Å². The Hall–Kier alpha value is -2.18. The van der Waals surface area contributed by atoms with Crippen LogP contribution in [-0.4, -0.2) is 24.5 Å². The summed E-state index contributed by atoms with van der Waals surface area (Å²) in [6.07, 6.45) is -0.993. The molecule has 2 aromatic heterocycles. The monoisotopic (exact) mass is 283 g/mol. The number of nitrogens with zero attached hydrogens (tertiary/aromatic N) is 4. The lowest BCUT2D eigenvalue weighted by Gasteiger charge is -2.08. The van der Waals surface area contributed by atoms with Crippen LogP contribution in [-0.2, 0) is 25.4 Å². The lowest BCUT2D eigenvalue weighted by atomic mass is 10.2. The summed E-state index contributed by atoms with van der Waals surface area (Å²) in [7, 11) is 1.50. The van der Waals surface area contributed by atoms with E-state index in [-0.39, 0.29) is 30.6 Å². The van der Waals surface area contributed by atoms with E-state index in [2.05, 4.69) is 4.98 Å². The van der Waals surface area contributed by atoms with Gasteiger partial charge in [0.25, 0.3) is 5.56 Å². The number of Topliss-reactive ketones (excluding diaryl/α,β-unsaturated/α-hetero) is 1. The maximum atomic E-state index is 12.5. The predicted octanol–water partition coefficient (Wildman–Crippen LogP) is 0.193. The average molecular weight is 283 g/mol. The maximum Gasteiger partial charge on any atom is 0.332 e. The average Bonchev–Trinajstić information content (AvgIpc) is 2.82. The van der Waals surface area contributed by atoms with E-state index in [4.69, 9.17) is 6.85 Å². The molecule has 0 aliphatic heterocycles. The molecular formula is C13H18N4O3. The third kappa shape index (κ3) is 2.43. The van der Waals surface area contributed by atoms with Crippen molar-refractivity contribution in [3.8, 4) is 0 Å². The van der Waals surface area contributed by atoms with E-state index in [1.165, 1.54) is 17.9 Å². The van der Waals surface area contributed by atoms with Crippen LogP contribution in [0.3, 0.4) is 0 Å². The van der Waals surface area contributed by atoms with Crippen molar-refractivity contribution in [3.05, 3.63) is 27.2 Å². The van der Waals surface area contributed by atoms with Crippen LogP contribution in [0, 0.1) is 0 Å². The van der Waals surface area contributed by atoms with Crippen molar-refractivity contribution in [1.82, 2.24) is 18.7 Å². The highest BCUT2D eigenvalue weighted by atomic mass is 16.2. The van der Waals surface area contributed by atoms with Gasteiger partial charge in [-0.3, -0.25) is 13.9 Å². The standard InChI is InChI=1S/C13H18N4O3/c1-9(18)6-4-5-7-17-12(19)10-11(14-8-15(10)2)16(3)13(17)20/h8H,4-7H2,1-3H3/i3D3,6D2. The molecule has 7 heteroatoms. The maximum absolute atomic E-state index is 12.5. The van der Waals surface area contributed by atoms with Gasteiger partial charge in [-0.25, -0.2) is 9.78 Å². The molecule has 0 amide bonds. The molecule has 2 aromatic rings. The van der Waals surface area contributed by atoms with Crippen LogP contribution in [0.15, 0.2) is 15.9 Å². The molecule has 108 valence electrons. The second-order valence-electron chi connectivity index (χ2n) is 4.44. The van der Waals surface area contributed by atoms with Crippen molar-refractivity contribution in [2.75, 3.05) is 0 Å². The zero-order valence-electron chi connectivity index (χ0n) is 16.2. The summed E-state index contributed by atoms with van der Waals surface area (Å²) in [6, 6.07) is 0. The number of hydrogen-bond acceptors (Lipinski definition) is 4. The quantitative estimate of drug-likeness (QED) is 0.785. The molecule has 0 aliphatic carbocycles. The third-order valence-electron chi connectivity index (χ3n) is 2.93. The summed E-state index contributed by atoms with van der Waals surface area (Å²) in [4.78, 5) is 40.1. The van der Waals surface area contributed by atoms with Crippen molar-refractivity contribution in [3.63, 3.8) is 0 Å². The van der Waals surface area contributed by atoms with Gasteiger partial charge in [-0.2, -0.15) is 0 Å². The fourth-order valence-corrected chi connectivity index (χ4v) is 1.95. The van der Waals surface area contributed by atoms with Gasteiger partial charge in [-0.1, -0.05) is 0 Å². The molecule has 0 saturated heterocycles. The van der Waals surface area contributed by atoms with E-state index in [0.717, 1.165) is 11.5 Å². The van der Waals surface area contributed by atoms with Gasteiger partial charge < -0.3 is 9.36 Å². The van der Waals surface area contributed by atoms with Crippen molar-refractivity contribution >= 4 is 16.9 Å². The molecule has 0 atom stereocenters. The highest BCUT2D eigenvalue weighted by Gasteiger charge is 2.14. The number of fused-ring (bicyclic) bond motifs is 1. The molecule has 0 bridgehead atoms. The summed E-state index contributed by atoms with van der Waals surface area (Å²) in [6.45, 7) is -1.91. The zero-order chi connectivity index (χ0) is 19.2. The summed E-state index contributed by atoms with van der Waals surface area (Å²) >= 11 is 0. The molecule has 7 nitrogen and oxygen atoms in total. The van der Waals surface area contributed by atoms with E-state index >= 15 is 0 Å². The Labute approximate surface area is 122 Å². The second-order valence-corrected chi connectivity index (χ2v) is 4.44. The first-order valence-electron chi connectivity index (χ1n) is 8.56. The van der Waals surface area contributed by atoms with Gasteiger partial charge >= 0.3 is 5.69 Å². The molecular weight excluding hydrogens is 260 g/mol. The van der Waals surface area contributed by atoms with Gasteiger partial charge in [-0.05, 0) is 19.8 Å².